The zero-order valence-electron chi connectivity index (χ0n) is 14.6. The molecule has 1 N–H and O–H groups in total. The first-order valence-corrected chi connectivity index (χ1v) is 9.63. The van der Waals surface area contributed by atoms with Crippen molar-refractivity contribution in [1.29, 1.82) is 0 Å². The summed E-state index contributed by atoms with van der Waals surface area (Å²) in [5.74, 6) is 1.31. The number of sulfonamides is 1. The standard InChI is InChI=1S/C18H25NO4S/c1-5-16-8-9-18(23-16)17(11-22-4)19-24(20,21)12-15-7-6-13(2)14(3)10-15/h6-10,17,19H,5,11-12H2,1-4H3/t17-/m0/s1. The van der Waals surface area contributed by atoms with Crippen molar-refractivity contribution in [3.63, 3.8) is 0 Å². The predicted molar refractivity (Wildman–Crippen MR) is 94.4 cm³/mol. The molecule has 1 heterocycles. The largest absolute Gasteiger partial charge is 0.464 e. The van der Waals surface area contributed by atoms with E-state index in [1.165, 1.54) is 7.11 Å². The Bertz CT molecular complexity index is 780. The predicted octanol–water partition coefficient (Wildman–Crippen LogP) is 3.27. The number of benzene rings is 1. The molecule has 1 atom stereocenters. The second-order valence-electron chi connectivity index (χ2n) is 5.96. The van der Waals surface area contributed by atoms with Crippen molar-refractivity contribution in [2.45, 2.75) is 39.0 Å². The van der Waals surface area contributed by atoms with Gasteiger partial charge in [-0.2, -0.15) is 0 Å². The fourth-order valence-electron chi connectivity index (χ4n) is 2.48. The topological polar surface area (TPSA) is 68.5 Å². The van der Waals surface area contributed by atoms with E-state index in [2.05, 4.69) is 4.72 Å². The van der Waals surface area contributed by atoms with Crippen LogP contribution in [0.1, 0.15) is 41.2 Å². The van der Waals surface area contributed by atoms with E-state index in [-0.39, 0.29) is 12.4 Å². The molecule has 24 heavy (non-hydrogen) atoms. The number of hydrogen-bond acceptors (Lipinski definition) is 4. The number of rotatable bonds is 8. The minimum absolute atomic E-state index is 0.0737. The Balaban J connectivity index is 2.15. The highest BCUT2D eigenvalue weighted by molar-refractivity contribution is 7.88. The van der Waals surface area contributed by atoms with Crippen LogP contribution in [-0.4, -0.2) is 22.1 Å². The van der Waals surface area contributed by atoms with Crippen molar-refractivity contribution in [2.75, 3.05) is 13.7 Å². The second kappa shape index (κ2) is 7.96. The summed E-state index contributed by atoms with van der Waals surface area (Å²) in [5.41, 5.74) is 2.98. The third-order valence-corrected chi connectivity index (χ3v) is 5.31. The van der Waals surface area contributed by atoms with Gasteiger partial charge in [-0.3, -0.25) is 0 Å². The molecule has 0 unspecified atom stereocenters. The summed E-state index contributed by atoms with van der Waals surface area (Å²) in [6.07, 6.45) is 0.759. The lowest BCUT2D eigenvalue weighted by Gasteiger charge is -2.16. The van der Waals surface area contributed by atoms with Crippen LogP contribution in [0.2, 0.25) is 0 Å². The van der Waals surface area contributed by atoms with Crippen LogP contribution in [0.3, 0.4) is 0 Å². The number of methoxy groups -OCH3 is 1. The SMILES string of the molecule is CCc1ccc([C@H](COC)NS(=O)(=O)Cc2ccc(C)c(C)c2)o1. The number of hydrogen-bond donors (Lipinski definition) is 1. The molecule has 0 saturated carbocycles. The van der Waals surface area contributed by atoms with E-state index >= 15 is 0 Å². The van der Waals surface area contributed by atoms with E-state index in [1.807, 2.05) is 45.0 Å². The molecule has 5 nitrogen and oxygen atoms in total. The molecule has 0 spiro atoms. The van der Waals surface area contributed by atoms with Crippen LogP contribution >= 0.6 is 0 Å². The fraction of sp³-hybridized carbons (Fsp3) is 0.444. The van der Waals surface area contributed by atoms with Crippen LogP contribution in [0.15, 0.2) is 34.7 Å². The van der Waals surface area contributed by atoms with Crippen molar-refractivity contribution in [3.8, 4) is 0 Å². The van der Waals surface area contributed by atoms with Gasteiger partial charge < -0.3 is 9.15 Å². The molecule has 0 aliphatic carbocycles. The molecule has 0 amide bonds. The highest BCUT2D eigenvalue weighted by Gasteiger charge is 2.22. The van der Waals surface area contributed by atoms with Crippen molar-refractivity contribution < 1.29 is 17.6 Å². The summed E-state index contributed by atoms with van der Waals surface area (Å²) in [6, 6.07) is 8.80. The highest BCUT2D eigenvalue weighted by Crippen LogP contribution is 2.20. The molecular formula is C18H25NO4S. The van der Waals surface area contributed by atoms with Crippen LogP contribution in [0, 0.1) is 13.8 Å². The third-order valence-electron chi connectivity index (χ3n) is 3.96. The van der Waals surface area contributed by atoms with E-state index in [1.54, 1.807) is 6.07 Å². The molecule has 0 fully saturated rings. The minimum Gasteiger partial charge on any atom is -0.464 e. The van der Waals surface area contributed by atoms with Gasteiger partial charge in [-0.25, -0.2) is 13.1 Å². The summed E-state index contributed by atoms with van der Waals surface area (Å²) in [4.78, 5) is 0. The molecule has 132 valence electrons. The second-order valence-corrected chi connectivity index (χ2v) is 7.71. The van der Waals surface area contributed by atoms with E-state index in [9.17, 15) is 8.42 Å². The van der Waals surface area contributed by atoms with Crippen molar-refractivity contribution in [3.05, 3.63) is 58.5 Å². The smallest absolute Gasteiger partial charge is 0.216 e. The Kier molecular flexibility index (Phi) is 6.21. The molecular weight excluding hydrogens is 326 g/mol. The average molecular weight is 351 g/mol. The molecule has 1 aromatic carbocycles. The van der Waals surface area contributed by atoms with Gasteiger partial charge in [0, 0.05) is 13.5 Å². The molecule has 0 bridgehead atoms. The van der Waals surface area contributed by atoms with Crippen molar-refractivity contribution in [1.82, 2.24) is 4.72 Å². The monoisotopic (exact) mass is 351 g/mol. The van der Waals surface area contributed by atoms with Gasteiger partial charge in [0.25, 0.3) is 0 Å². The summed E-state index contributed by atoms with van der Waals surface area (Å²) in [5, 5.41) is 0. The van der Waals surface area contributed by atoms with Crippen molar-refractivity contribution in [2.24, 2.45) is 0 Å². The molecule has 2 aromatic rings. The maximum atomic E-state index is 12.5. The van der Waals surface area contributed by atoms with E-state index in [0.29, 0.717) is 5.76 Å². The Labute approximate surface area is 144 Å². The molecule has 6 heteroatoms. The first-order valence-electron chi connectivity index (χ1n) is 7.98. The number of ether oxygens (including phenoxy) is 1. The fourth-order valence-corrected chi connectivity index (χ4v) is 3.80. The van der Waals surface area contributed by atoms with Crippen LogP contribution in [0.4, 0.5) is 0 Å². The van der Waals surface area contributed by atoms with Gasteiger partial charge >= 0.3 is 0 Å². The Hall–Kier alpha value is -1.63. The normalized spacial score (nSPS) is 13.2. The van der Waals surface area contributed by atoms with E-state index < -0.39 is 16.1 Å². The van der Waals surface area contributed by atoms with Gasteiger partial charge in [-0.1, -0.05) is 25.1 Å². The van der Waals surface area contributed by atoms with Crippen LogP contribution in [-0.2, 0) is 26.9 Å². The molecule has 0 saturated heterocycles. The lowest BCUT2D eigenvalue weighted by Crippen LogP contribution is -2.32. The highest BCUT2D eigenvalue weighted by atomic mass is 32.2. The quantitative estimate of drug-likeness (QED) is 0.792. The van der Waals surface area contributed by atoms with Gasteiger partial charge in [0.1, 0.15) is 17.6 Å². The summed E-state index contributed by atoms with van der Waals surface area (Å²) in [6.45, 7) is 6.17. The third kappa shape index (κ3) is 4.93. The van der Waals surface area contributed by atoms with Gasteiger partial charge in [0.05, 0.1) is 12.4 Å². The zero-order chi connectivity index (χ0) is 17.7. The summed E-state index contributed by atoms with van der Waals surface area (Å²) >= 11 is 0. The van der Waals surface area contributed by atoms with Crippen LogP contribution < -0.4 is 4.72 Å². The first-order chi connectivity index (χ1) is 11.3. The number of furan rings is 1. The lowest BCUT2D eigenvalue weighted by molar-refractivity contribution is 0.165. The van der Waals surface area contributed by atoms with Crippen LogP contribution in [0.25, 0.3) is 0 Å². The van der Waals surface area contributed by atoms with Gasteiger partial charge in [0.15, 0.2) is 0 Å². The maximum absolute atomic E-state index is 12.5. The van der Waals surface area contributed by atoms with Gasteiger partial charge in [0.2, 0.25) is 10.0 Å². The maximum Gasteiger partial charge on any atom is 0.216 e. The van der Waals surface area contributed by atoms with E-state index in [0.717, 1.165) is 28.9 Å². The first kappa shape index (κ1) is 18.7. The number of aryl methyl sites for hydroxylation is 3. The van der Waals surface area contributed by atoms with Crippen LogP contribution in [0.5, 0.6) is 0 Å². The Morgan fingerprint density at radius 3 is 2.50 bits per heavy atom. The summed E-state index contributed by atoms with van der Waals surface area (Å²) in [7, 11) is -1.99. The molecule has 0 aliphatic rings. The van der Waals surface area contributed by atoms with E-state index in [4.69, 9.17) is 9.15 Å². The summed E-state index contributed by atoms with van der Waals surface area (Å²) < 4.78 is 38.5. The Morgan fingerprint density at radius 1 is 1.17 bits per heavy atom. The minimum atomic E-state index is -3.52. The molecule has 2 rings (SSSR count). The Morgan fingerprint density at radius 2 is 1.92 bits per heavy atom. The molecule has 1 aromatic heterocycles. The molecule has 0 aliphatic heterocycles. The molecule has 0 radical (unpaired) electrons. The zero-order valence-corrected chi connectivity index (χ0v) is 15.4. The van der Waals surface area contributed by atoms with Gasteiger partial charge in [-0.15, -0.1) is 0 Å². The average Bonchev–Trinajstić information content (AvgIpc) is 2.99. The van der Waals surface area contributed by atoms with Crippen molar-refractivity contribution >= 4 is 10.0 Å². The lowest BCUT2D eigenvalue weighted by atomic mass is 10.1. The number of nitrogens with one attached hydrogen (secondary N) is 1. The van der Waals surface area contributed by atoms with Gasteiger partial charge in [-0.05, 0) is 42.7 Å².